The van der Waals surface area contributed by atoms with Crippen LogP contribution < -0.4 is 5.73 Å². The van der Waals surface area contributed by atoms with Crippen LogP contribution in [0.25, 0.3) is 0 Å². The van der Waals surface area contributed by atoms with Gasteiger partial charge >= 0.3 is 0 Å². The van der Waals surface area contributed by atoms with E-state index in [0.29, 0.717) is 38.9 Å². The third-order valence-electron chi connectivity index (χ3n) is 3.78. The minimum Gasteiger partial charge on any atom is -0.378 e. The largest absolute Gasteiger partial charge is 0.378 e. The van der Waals surface area contributed by atoms with Crippen molar-refractivity contribution < 1.29 is 9.53 Å². The van der Waals surface area contributed by atoms with Gasteiger partial charge in [-0.15, -0.1) is 10.2 Å². The zero-order chi connectivity index (χ0) is 14.8. The summed E-state index contributed by atoms with van der Waals surface area (Å²) in [5.41, 5.74) is 5.72. The van der Waals surface area contributed by atoms with Crippen molar-refractivity contribution in [1.82, 2.24) is 19.7 Å². The summed E-state index contributed by atoms with van der Waals surface area (Å²) < 4.78 is 7.39. The highest BCUT2D eigenvalue weighted by atomic mass is 32.2. The van der Waals surface area contributed by atoms with E-state index in [1.807, 2.05) is 11.8 Å². The van der Waals surface area contributed by atoms with Crippen LogP contribution in [0.3, 0.4) is 0 Å². The third-order valence-corrected chi connectivity index (χ3v) is 4.83. The molecule has 1 aliphatic carbocycles. The number of nitrogens with zero attached hydrogens (tertiary/aromatic N) is 4. The molecule has 2 aliphatic rings. The lowest BCUT2D eigenvalue weighted by atomic mass is 10.3. The van der Waals surface area contributed by atoms with Gasteiger partial charge in [-0.3, -0.25) is 4.79 Å². The van der Waals surface area contributed by atoms with Crippen molar-refractivity contribution in [1.29, 1.82) is 0 Å². The molecule has 0 bridgehead atoms. The van der Waals surface area contributed by atoms with Gasteiger partial charge in [0.1, 0.15) is 5.82 Å². The number of hydrogen-bond acceptors (Lipinski definition) is 6. The summed E-state index contributed by atoms with van der Waals surface area (Å²) in [6.45, 7) is 4.91. The van der Waals surface area contributed by atoms with Crippen molar-refractivity contribution in [3.8, 4) is 0 Å². The molecule has 8 heteroatoms. The van der Waals surface area contributed by atoms with E-state index in [0.717, 1.165) is 23.8 Å². The molecule has 1 aromatic rings. The summed E-state index contributed by atoms with van der Waals surface area (Å²) in [6, 6.07) is 0.465. The molecule has 0 radical (unpaired) electrons. The maximum absolute atomic E-state index is 12.4. The lowest BCUT2D eigenvalue weighted by Crippen LogP contribution is -2.44. The van der Waals surface area contributed by atoms with Gasteiger partial charge in [-0.25, -0.2) is 0 Å². The van der Waals surface area contributed by atoms with E-state index in [4.69, 9.17) is 10.5 Å². The molecule has 2 N–H and O–H groups in total. The van der Waals surface area contributed by atoms with Crippen molar-refractivity contribution in [3.05, 3.63) is 5.82 Å². The van der Waals surface area contributed by atoms with E-state index in [-0.39, 0.29) is 11.2 Å². The van der Waals surface area contributed by atoms with Crippen LogP contribution in [0, 0.1) is 0 Å². The van der Waals surface area contributed by atoms with Gasteiger partial charge in [-0.2, -0.15) is 0 Å². The lowest BCUT2D eigenvalue weighted by Gasteiger charge is -2.28. The molecule has 2 fully saturated rings. The molecule has 7 nitrogen and oxygen atoms in total. The van der Waals surface area contributed by atoms with Gasteiger partial charge in [0, 0.05) is 19.1 Å². The second-order valence-corrected chi connectivity index (χ2v) is 6.71. The quantitative estimate of drug-likeness (QED) is 0.793. The Hall–Kier alpha value is -1.12. The second kappa shape index (κ2) is 6.33. The van der Waals surface area contributed by atoms with Gasteiger partial charge in [-0.1, -0.05) is 11.8 Å². The van der Waals surface area contributed by atoms with Gasteiger partial charge in [0.2, 0.25) is 5.91 Å². The van der Waals surface area contributed by atoms with E-state index in [1.165, 1.54) is 11.8 Å². The van der Waals surface area contributed by atoms with Gasteiger partial charge < -0.3 is 19.9 Å². The summed E-state index contributed by atoms with van der Waals surface area (Å²) in [4.78, 5) is 14.3. The zero-order valence-corrected chi connectivity index (χ0v) is 13.0. The number of amides is 1. The molecule has 1 unspecified atom stereocenters. The van der Waals surface area contributed by atoms with Crippen LogP contribution in [0.15, 0.2) is 5.16 Å². The van der Waals surface area contributed by atoms with Gasteiger partial charge in [0.15, 0.2) is 5.16 Å². The molecular weight excluding hydrogens is 290 g/mol. The van der Waals surface area contributed by atoms with E-state index in [2.05, 4.69) is 14.8 Å². The van der Waals surface area contributed by atoms with Crippen LogP contribution in [-0.4, -0.2) is 57.1 Å². The van der Waals surface area contributed by atoms with Gasteiger partial charge in [-0.05, 0) is 19.8 Å². The Morgan fingerprint density at radius 2 is 2.14 bits per heavy atom. The fourth-order valence-electron chi connectivity index (χ4n) is 2.48. The van der Waals surface area contributed by atoms with Crippen LogP contribution in [0.2, 0.25) is 0 Å². The van der Waals surface area contributed by atoms with Crippen LogP contribution >= 0.6 is 11.8 Å². The maximum atomic E-state index is 12.4. The van der Waals surface area contributed by atoms with Crippen LogP contribution in [0.4, 0.5) is 0 Å². The highest BCUT2D eigenvalue weighted by Crippen LogP contribution is 2.39. The summed E-state index contributed by atoms with van der Waals surface area (Å²) in [6.07, 6.45) is 2.29. The standard InChI is InChI=1S/C13H21N5O2S/c1-9(12(19)17-4-6-20-7-5-17)21-13-16-15-11(8-14)18(13)10-2-3-10/h9-10H,2-8,14H2,1H3. The number of carbonyl (C=O) groups is 1. The molecule has 3 rings (SSSR count). The molecule has 1 amide bonds. The number of ether oxygens (including phenoxy) is 1. The van der Waals surface area contributed by atoms with E-state index < -0.39 is 0 Å². The predicted octanol–water partition coefficient (Wildman–Crippen LogP) is 0.411. The SMILES string of the molecule is CC(Sc1nnc(CN)n1C1CC1)C(=O)N1CCOCC1. The first-order valence-corrected chi connectivity index (χ1v) is 8.25. The first-order chi connectivity index (χ1) is 10.2. The predicted molar refractivity (Wildman–Crippen MR) is 78.9 cm³/mol. The molecule has 1 saturated heterocycles. The molecular formula is C13H21N5O2S. The number of aromatic nitrogens is 3. The van der Waals surface area contributed by atoms with E-state index >= 15 is 0 Å². The zero-order valence-electron chi connectivity index (χ0n) is 12.2. The molecule has 1 saturated carbocycles. The third kappa shape index (κ3) is 3.22. The summed E-state index contributed by atoms with van der Waals surface area (Å²) in [5, 5.41) is 9.00. The van der Waals surface area contributed by atoms with E-state index in [9.17, 15) is 4.79 Å². The Kier molecular flexibility index (Phi) is 4.46. The smallest absolute Gasteiger partial charge is 0.236 e. The fraction of sp³-hybridized carbons (Fsp3) is 0.769. The molecule has 2 heterocycles. The van der Waals surface area contributed by atoms with Crippen LogP contribution in [-0.2, 0) is 16.1 Å². The number of morpholine rings is 1. The molecule has 21 heavy (non-hydrogen) atoms. The minimum atomic E-state index is -0.171. The summed E-state index contributed by atoms with van der Waals surface area (Å²) in [7, 11) is 0. The molecule has 1 aromatic heterocycles. The monoisotopic (exact) mass is 311 g/mol. The minimum absolute atomic E-state index is 0.142. The topological polar surface area (TPSA) is 86.3 Å². The molecule has 0 spiro atoms. The van der Waals surface area contributed by atoms with Crippen molar-refractivity contribution in [2.45, 2.75) is 42.8 Å². The molecule has 1 aliphatic heterocycles. The Morgan fingerprint density at radius 3 is 2.76 bits per heavy atom. The highest BCUT2D eigenvalue weighted by Gasteiger charge is 2.31. The molecule has 1 atom stereocenters. The van der Waals surface area contributed by atoms with Crippen molar-refractivity contribution in [2.24, 2.45) is 5.73 Å². The first kappa shape index (κ1) is 14.8. The summed E-state index contributed by atoms with van der Waals surface area (Å²) in [5.74, 6) is 0.953. The Morgan fingerprint density at radius 1 is 1.43 bits per heavy atom. The highest BCUT2D eigenvalue weighted by molar-refractivity contribution is 8.00. The number of rotatable bonds is 5. The average Bonchev–Trinajstić information content (AvgIpc) is 3.28. The normalized spacial score (nSPS) is 20.6. The van der Waals surface area contributed by atoms with Crippen molar-refractivity contribution in [3.63, 3.8) is 0 Å². The Labute approximate surface area is 128 Å². The molecule has 116 valence electrons. The number of hydrogen-bond donors (Lipinski definition) is 1. The number of carbonyl (C=O) groups excluding carboxylic acids is 1. The number of thioether (sulfide) groups is 1. The van der Waals surface area contributed by atoms with Crippen LogP contribution in [0.1, 0.15) is 31.6 Å². The fourth-order valence-corrected chi connectivity index (χ4v) is 3.50. The Balaban J connectivity index is 1.68. The number of nitrogens with two attached hydrogens (primary N) is 1. The van der Waals surface area contributed by atoms with Gasteiger partial charge in [0.05, 0.1) is 25.0 Å². The second-order valence-electron chi connectivity index (χ2n) is 5.40. The summed E-state index contributed by atoms with van der Waals surface area (Å²) >= 11 is 1.48. The Bertz CT molecular complexity index is 511. The lowest BCUT2D eigenvalue weighted by molar-refractivity contribution is -0.134. The van der Waals surface area contributed by atoms with Crippen LogP contribution in [0.5, 0.6) is 0 Å². The van der Waals surface area contributed by atoms with E-state index in [1.54, 1.807) is 0 Å². The first-order valence-electron chi connectivity index (χ1n) is 7.37. The van der Waals surface area contributed by atoms with Crippen molar-refractivity contribution in [2.75, 3.05) is 26.3 Å². The average molecular weight is 311 g/mol. The van der Waals surface area contributed by atoms with Gasteiger partial charge in [0.25, 0.3) is 0 Å². The molecule has 0 aromatic carbocycles. The van der Waals surface area contributed by atoms with Crippen molar-refractivity contribution >= 4 is 17.7 Å². The maximum Gasteiger partial charge on any atom is 0.236 e.